The van der Waals surface area contributed by atoms with Gasteiger partial charge in [-0.05, 0) is 25.3 Å². The third kappa shape index (κ3) is 3.33. The maximum atomic E-state index is 5.15. The number of nitrogens with zero attached hydrogens (tertiary/aromatic N) is 7. The van der Waals surface area contributed by atoms with Gasteiger partial charge in [-0.2, -0.15) is 9.97 Å². The van der Waals surface area contributed by atoms with Crippen LogP contribution in [0.15, 0.2) is 12.3 Å². The first kappa shape index (κ1) is 16.7. The summed E-state index contributed by atoms with van der Waals surface area (Å²) in [7, 11) is 5.15. The smallest absolute Gasteiger partial charge is 0.324 e. The van der Waals surface area contributed by atoms with Crippen molar-refractivity contribution in [1.82, 2.24) is 24.9 Å². The molecule has 9 heteroatoms. The van der Waals surface area contributed by atoms with E-state index >= 15 is 0 Å². The lowest BCUT2D eigenvalue weighted by atomic mass is 10.2. The normalized spacial score (nSPS) is 19.5. The molecular formula is C17H23N7O2. The monoisotopic (exact) mass is 357 g/mol. The molecule has 1 saturated heterocycles. The van der Waals surface area contributed by atoms with E-state index in [0.717, 1.165) is 31.2 Å². The van der Waals surface area contributed by atoms with Gasteiger partial charge in [0.05, 0.1) is 14.2 Å². The van der Waals surface area contributed by atoms with Crippen LogP contribution in [0.25, 0.3) is 0 Å². The van der Waals surface area contributed by atoms with Crippen molar-refractivity contribution in [1.29, 1.82) is 0 Å². The van der Waals surface area contributed by atoms with E-state index in [0.29, 0.717) is 17.9 Å². The highest BCUT2D eigenvalue weighted by Crippen LogP contribution is 2.38. The Morgan fingerprint density at radius 3 is 2.42 bits per heavy atom. The van der Waals surface area contributed by atoms with E-state index in [2.05, 4.69) is 36.8 Å². The predicted octanol–water partition coefficient (Wildman–Crippen LogP) is 1.27. The van der Waals surface area contributed by atoms with E-state index in [-0.39, 0.29) is 12.0 Å². The quantitative estimate of drug-likeness (QED) is 0.758. The second kappa shape index (κ2) is 6.89. The average Bonchev–Trinajstić information content (AvgIpc) is 3.43. The second-order valence-electron chi connectivity index (χ2n) is 6.66. The highest BCUT2D eigenvalue weighted by atomic mass is 16.5. The molecule has 0 aromatic carbocycles. The number of hydrogen-bond donors (Lipinski definition) is 0. The van der Waals surface area contributed by atoms with Crippen LogP contribution < -0.4 is 19.3 Å². The van der Waals surface area contributed by atoms with Crippen molar-refractivity contribution in [2.24, 2.45) is 0 Å². The molecule has 1 aliphatic carbocycles. The fraction of sp³-hybridized carbons (Fsp3) is 0.588. The molecule has 0 bridgehead atoms. The fourth-order valence-electron chi connectivity index (χ4n) is 3.18. The van der Waals surface area contributed by atoms with Crippen molar-refractivity contribution in [3.63, 3.8) is 0 Å². The third-order valence-electron chi connectivity index (χ3n) is 4.91. The second-order valence-corrected chi connectivity index (χ2v) is 6.66. The first-order chi connectivity index (χ1) is 12.7. The van der Waals surface area contributed by atoms with Crippen molar-refractivity contribution < 1.29 is 9.47 Å². The Morgan fingerprint density at radius 2 is 1.77 bits per heavy atom. The maximum absolute atomic E-state index is 5.15. The van der Waals surface area contributed by atoms with Crippen LogP contribution in [0.2, 0.25) is 0 Å². The molecule has 1 aliphatic heterocycles. The van der Waals surface area contributed by atoms with Gasteiger partial charge in [-0.1, -0.05) is 0 Å². The number of rotatable bonds is 6. The SMILES string of the molecule is COc1nc(OC)nc(N2CCC(N(C)c3ccnc(C4CC4)n3)C2)n1. The largest absolute Gasteiger partial charge is 0.467 e. The summed E-state index contributed by atoms with van der Waals surface area (Å²) < 4.78 is 10.3. The molecule has 0 radical (unpaired) electrons. The van der Waals surface area contributed by atoms with E-state index in [9.17, 15) is 0 Å². The molecule has 2 aromatic rings. The zero-order chi connectivity index (χ0) is 18.1. The fourth-order valence-corrected chi connectivity index (χ4v) is 3.18. The summed E-state index contributed by atoms with van der Waals surface area (Å²) in [4.78, 5) is 26.3. The van der Waals surface area contributed by atoms with Crippen molar-refractivity contribution in [3.8, 4) is 12.0 Å². The molecule has 9 nitrogen and oxygen atoms in total. The summed E-state index contributed by atoms with van der Waals surface area (Å²) in [6.07, 6.45) is 5.26. The molecule has 1 atom stereocenters. The number of anilines is 2. The van der Waals surface area contributed by atoms with E-state index in [1.54, 1.807) is 0 Å². The van der Waals surface area contributed by atoms with Crippen LogP contribution in [0, 0.1) is 0 Å². The molecule has 0 amide bonds. The van der Waals surface area contributed by atoms with E-state index in [4.69, 9.17) is 14.5 Å². The Kier molecular flexibility index (Phi) is 4.44. The van der Waals surface area contributed by atoms with Crippen molar-refractivity contribution in [2.45, 2.75) is 31.2 Å². The summed E-state index contributed by atoms with van der Waals surface area (Å²) in [6, 6.07) is 2.82. The standard InChI is InChI=1S/C17H23N7O2/c1-23(13-6-8-18-14(19-13)11-4-5-11)12-7-9-24(10-12)15-20-16(25-2)22-17(21-15)26-3/h6,8,11-12H,4-5,7,9-10H2,1-3H3. The molecule has 3 heterocycles. The maximum Gasteiger partial charge on any atom is 0.324 e. The zero-order valence-corrected chi connectivity index (χ0v) is 15.3. The van der Waals surface area contributed by atoms with Gasteiger partial charge in [0.15, 0.2) is 0 Å². The van der Waals surface area contributed by atoms with Crippen molar-refractivity contribution >= 4 is 11.8 Å². The number of likely N-dealkylation sites (N-methyl/N-ethyl adjacent to an activating group) is 1. The third-order valence-corrected chi connectivity index (χ3v) is 4.91. The van der Waals surface area contributed by atoms with Crippen LogP contribution in [-0.2, 0) is 0 Å². The highest BCUT2D eigenvalue weighted by Gasteiger charge is 2.31. The molecule has 4 rings (SSSR count). The van der Waals surface area contributed by atoms with Crippen LogP contribution in [0.4, 0.5) is 11.8 Å². The van der Waals surface area contributed by atoms with Crippen molar-refractivity contribution in [3.05, 3.63) is 18.1 Å². The summed E-state index contributed by atoms with van der Waals surface area (Å²) in [5.41, 5.74) is 0. The minimum atomic E-state index is 0.258. The van der Waals surface area contributed by atoms with Gasteiger partial charge in [0, 0.05) is 38.3 Å². The van der Waals surface area contributed by atoms with Gasteiger partial charge < -0.3 is 19.3 Å². The van der Waals surface area contributed by atoms with Gasteiger partial charge in [-0.15, -0.1) is 4.98 Å². The molecule has 138 valence electrons. The molecule has 0 spiro atoms. The molecule has 1 unspecified atom stereocenters. The van der Waals surface area contributed by atoms with E-state index in [1.807, 2.05) is 12.3 Å². The molecule has 26 heavy (non-hydrogen) atoms. The summed E-state index contributed by atoms with van der Waals surface area (Å²) in [5.74, 6) is 3.07. The summed E-state index contributed by atoms with van der Waals surface area (Å²) >= 11 is 0. The van der Waals surface area contributed by atoms with Crippen LogP contribution in [-0.4, -0.2) is 65.3 Å². The lowest BCUT2D eigenvalue weighted by molar-refractivity contribution is 0.340. The zero-order valence-electron chi connectivity index (χ0n) is 15.3. The minimum absolute atomic E-state index is 0.258. The van der Waals surface area contributed by atoms with Crippen LogP contribution >= 0.6 is 0 Å². The Labute approximate surface area is 152 Å². The molecule has 2 aromatic heterocycles. The van der Waals surface area contributed by atoms with Crippen molar-refractivity contribution in [2.75, 3.05) is 44.2 Å². The van der Waals surface area contributed by atoms with Gasteiger partial charge in [-0.3, -0.25) is 0 Å². The van der Waals surface area contributed by atoms with Gasteiger partial charge in [0.1, 0.15) is 11.6 Å². The first-order valence-electron chi connectivity index (χ1n) is 8.82. The van der Waals surface area contributed by atoms with Crippen LogP contribution in [0.1, 0.15) is 31.0 Å². The Bertz CT molecular complexity index is 761. The predicted molar refractivity (Wildman–Crippen MR) is 96.0 cm³/mol. The molecule has 1 saturated carbocycles. The lowest BCUT2D eigenvalue weighted by Crippen LogP contribution is -2.35. The van der Waals surface area contributed by atoms with Gasteiger partial charge in [-0.25, -0.2) is 9.97 Å². The number of ether oxygens (including phenoxy) is 2. The molecule has 2 fully saturated rings. The number of hydrogen-bond acceptors (Lipinski definition) is 9. The van der Waals surface area contributed by atoms with Gasteiger partial charge in [0.25, 0.3) is 0 Å². The minimum Gasteiger partial charge on any atom is -0.467 e. The summed E-state index contributed by atoms with van der Waals surface area (Å²) in [5, 5.41) is 0. The van der Waals surface area contributed by atoms with Crippen LogP contribution in [0.3, 0.4) is 0 Å². The van der Waals surface area contributed by atoms with Gasteiger partial charge in [0.2, 0.25) is 5.95 Å². The highest BCUT2D eigenvalue weighted by molar-refractivity contribution is 5.42. The molecule has 2 aliphatic rings. The number of aromatic nitrogens is 5. The van der Waals surface area contributed by atoms with E-state index in [1.165, 1.54) is 27.1 Å². The lowest BCUT2D eigenvalue weighted by Gasteiger charge is -2.26. The summed E-state index contributed by atoms with van der Waals surface area (Å²) in [6.45, 7) is 1.65. The Balaban J connectivity index is 1.48. The topological polar surface area (TPSA) is 89.4 Å². The Morgan fingerprint density at radius 1 is 1.04 bits per heavy atom. The van der Waals surface area contributed by atoms with Crippen LogP contribution in [0.5, 0.6) is 12.0 Å². The first-order valence-corrected chi connectivity index (χ1v) is 8.82. The average molecular weight is 357 g/mol. The molecular weight excluding hydrogens is 334 g/mol. The number of methoxy groups -OCH3 is 2. The van der Waals surface area contributed by atoms with Gasteiger partial charge >= 0.3 is 12.0 Å². The Hall–Kier alpha value is -2.71. The molecule has 0 N–H and O–H groups in total. The van der Waals surface area contributed by atoms with E-state index < -0.39 is 0 Å².